The lowest BCUT2D eigenvalue weighted by atomic mass is 9.91. The van der Waals surface area contributed by atoms with Gasteiger partial charge in [-0.1, -0.05) is 48.5 Å². The number of nitriles is 2. The molecular weight excluding hydrogens is 456 g/mol. The number of hydrogen-bond donors (Lipinski definition) is 1. The monoisotopic (exact) mass is 474 g/mol. The molecule has 0 aliphatic carbocycles. The molecule has 0 spiro atoms. The number of fused-ring (bicyclic) bond motifs is 7. The predicted molar refractivity (Wildman–Crippen MR) is 146 cm³/mol. The van der Waals surface area contributed by atoms with E-state index in [9.17, 15) is 10.5 Å². The minimum absolute atomic E-state index is 0.376. The van der Waals surface area contributed by atoms with Gasteiger partial charge in [0.25, 0.3) is 0 Å². The summed E-state index contributed by atoms with van der Waals surface area (Å²) in [6.45, 7) is 0. The lowest BCUT2D eigenvalue weighted by Gasteiger charge is -2.15. The van der Waals surface area contributed by atoms with Crippen LogP contribution in [0.25, 0.3) is 60.2 Å². The van der Waals surface area contributed by atoms with Crippen molar-refractivity contribution in [3.8, 4) is 23.3 Å². The molecule has 0 amide bonds. The number of allylic oxidation sites excluding steroid dienone is 2. The minimum Gasteiger partial charge on any atom is -0.456 e. The molecule has 1 atom stereocenters. The SMILES string of the molecule is N#Cc1cc(-c2cc3oc4cc(C5=CC(C#N)NC=C5)c5ccccc5c4c3c3ccccc23)ccn1. The topological polar surface area (TPSA) is 85.6 Å². The Hall–Kier alpha value is -5.39. The van der Waals surface area contributed by atoms with E-state index in [-0.39, 0.29) is 6.04 Å². The van der Waals surface area contributed by atoms with Crippen LogP contribution in [0.1, 0.15) is 11.3 Å². The Labute approximate surface area is 212 Å². The molecule has 0 bridgehead atoms. The summed E-state index contributed by atoms with van der Waals surface area (Å²) in [5.41, 5.74) is 5.87. The molecule has 3 heterocycles. The summed E-state index contributed by atoms with van der Waals surface area (Å²) < 4.78 is 6.56. The summed E-state index contributed by atoms with van der Waals surface area (Å²) in [6, 6.07) is 28.6. The van der Waals surface area contributed by atoms with Gasteiger partial charge < -0.3 is 9.73 Å². The maximum atomic E-state index is 9.46. The molecule has 2 aromatic heterocycles. The van der Waals surface area contributed by atoms with Gasteiger partial charge in [-0.15, -0.1) is 0 Å². The van der Waals surface area contributed by atoms with Crippen LogP contribution in [0, 0.1) is 22.7 Å². The highest BCUT2D eigenvalue weighted by Crippen LogP contribution is 2.44. The molecule has 4 aromatic carbocycles. The fourth-order valence-corrected chi connectivity index (χ4v) is 5.41. The Bertz CT molecular complexity index is 2050. The lowest BCUT2D eigenvalue weighted by molar-refractivity contribution is 0.669. The highest BCUT2D eigenvalue weighted by Gasteiger charge is 2.20. The Morgan fingerprint density at radius 1 is 0.784 bits per heavy atom. The number of furan rings is 1. The molecule has 5 nitrogen and oxygen atoms in total. The third-order valence-electron chi connectivity index (χ3n) is 7.01. The van der Waals surface area contributed by atoms with E-state index in [1.165, 1.54) is 0 Å². The Kier molecular flexibility index (Phi) is 4.58. The molecular formula is C32H18N4O. The first-order valence-electron chi connectivity index (χ1n) is 12.0. The molecule has 0 fully saturated rings. The summed E-state index contributed by atoms with van der Waals surface area (Å²) in [6.07, 6.45) is 7.43. The van der Waals surface area contributed by atoms with Gasteiger partial charge in [-0.05, 0) is 86.4 Å². The quantitative estimate of drug-likeness (QED) is 0.286. The average molecular weight is 475 g/mol. The number of dihydropyridines is 1. The molecule has 1 N–H and O–H groups in total. The van der Waals surface area contributed by atoms with Gasteiger partial charge in [-0.25, -0.2) is 4.98 Å². The van der Waals surface area contributed by atoms with Crippen molar-refractivity contribution >= 4 is 49.1 Å². The van der Waals surface area contributed by atoms with Crippen molar-refractivity contribution in [3.63, 3.8) is 0 Å². The number of nitrogens with zero attached hydrogens (tertiary/aromatic N) is 3. The van der Waals surface area contributed by atoms with Crippen molar-refractivity contribution < 1.29 is 4.42 Å². The smallest absolute Gasteiger partial charge is 0.141 e. The molecule has 0 saturated carbocycles. The normalized spacial score (nSPS) is 15.0. The number of hydrogen-bond acceptors (Lipinski definition) is 5. The number of benzene rings is 4. The first kappa shape index (κ1) is 20.9. The number of pyridine rings is 1. The van der Waals surface area contributed by atoms with E-state index in [0.29, 0.717) is 5.69 Å². The second-order valence-corrected chi connectivity index (χ2v) is 9.06. The molecule has 1 aliphatic rings. The zero-order valence-electron chi connectivity index (χ0n) is 19.6. The van der Waals surface area contributed by atoms with Crippen LogP contribution in [0.4, 0.5) is 0 Å². The van der Waals surface area contributed by atoms with Crippen LogP contribution in [0.3, 0.4) is 0 Å². The lowest BCUT2D eigenvalue weighted by Crippen LogP contribution is -2.22. The molecule has 7 rings (SSSR count). The summed E-state index contributed by atoms with van der Waals surface area (Å²) in [7, 11) is 0. The van der Waals surface area contributed by atoms with Gasteiger partial charge >= 0.3 is 0 Å². The Morgan fingerprint density at radius 3 is 2.11 bits per heavy atom. The molecule has 0 radical (unpaired) electrons. The highest BCUT2D eigenvalue weighted by molar-refractivity contribution is 6.29. The summed E-state index contributed by atoms with van der Waals surface area (Å²) in [5, 5.41) is 28.4. The average Bonchev–Trinajstić information content (AvgIpc) is 3.35. The molecule has 172 valence electrons. The van der Waals surface area contributed by atoms with Crippen LogP contribution in [0.15, 0.2) is 102 Å². The number of aromatic nitrogens is 1. The largest absolute Gasteiger partial charge is 0.456 e. The first-order valence-corrected chi connectivity index (χ1v) is 12.0. The van der Waals surface area contributed by atoms with E-state index >= 15 is 0 Å². The minimum atomic E-state index is -0.379. The maximum Gasteiger partial charge on any atom is 0.141 e. The molecule has 1 aliphatic heterocycles. The second kappa shape index (κ2) is 8.09. The Balaban J connectivity index is 1.60. The van der Waals surface area contributed by atoms with Gasteiger partial charge in [0.05, 0.1) is 6.07 Å². The molecule has 1 unspecified atom stereocenters. The summed E-state index contributed by atoms with van der Waals surface area (Å²) in [5.74, 6) is 0. The molecule has 6 aromatic rings. The van der Waals surface area contributed by atoms with E-state index < -0.39 is 0 Å². The van der Waals surface area contributed by atoms with E-state index in [2.05, 4.69) is 58.8 Å². The van der Waals surface area contributed by atoms with Gasteiger partial charge in [-0.3, -0.25) is 0 Å². The standard InChI is InChI=1S/C32H18N4O/c33-17-21-13-19(9-11-35-21)27-15-29-31(25-7-3-1-5-23(25)27)32-26-8-4-2-6-24(26)28(16-30(32)37-29)20-10-12-36-22(14-20)18-34/h1-16,21,35H. The summed E-state index contributed by atoms with van der Waals surface area (Å²) in [4.78, 5) is 4.14. The van der Waals surface area contributed by atoms with Crippen LogP contribution in [-0.2, 0) is 0 Å². The third-order valence-corrected chi connectivity index (χ3v) is 7.01. The highest BCUT2D eigenvalue weighted by atomic mass is 16.3. The Morgan fingerprint density at radius 2 is 1.43 bits per heavy atom. The van der Waals surface area contributed by atoms with Crippen LogP contribution in [-0.4, -0.2) is 11.0 Å². The molecule has 37 heavy (non-hydrogen) atoms. The number of nitrogens with one attached hydrogen (secondary N) is 1. The van der Waals surface area contributed by atoms with Crippen LogP contribution in [0.5, 0.6) is 0 Å². The molecule has 0 saturated heterocycles. The van der Waals surface area contributed by atoms with Crippen molar-refractivity contribution in [3.05, 3.63) is 109 Å². The zero-order chi connectivity index (χ0) is 24.9. The van der Waals surface area contributed by atoms with Crippen LogP contribution >= 0.6 is 0 Å². The van der Waals surface area contributed by atoms with Crippen molar-refractivity contribution in [2.24, 2.45) is 0 Å². The number of rotatable bonds is 2. The van der Waals surface area contributed by atoms with Gasteiger partial charge in [0.2, 0.25) is 0 Å². The van der Waals surface area contributed by atoms with Gasteiger partial charge in [0.1, 0.15) is 29.0 Å². The summed E-state index contributed by atoms with van der Waals surface area (Å²) >= 11 is 0. The van der Waals surface area contributed by atoms with Gasteiger partial charge in [0, 0.05) is 17.0 Å². The van der Waals surface area contributed by atoms with Gasteiger partial charge in [0.15, 0.2) is 0 Å². The van der Waals surface area contributed by atoms with Crippen molar-refractivity contribution in [2.45, 2.75) is 6.04 Å². The van der Waals surface area contributed by atoms with Crippen LogP contribution in [0.2, 0.25) is 0 Å². The van der Waals surface area contributed by atoms with E-state index in [0.717, 1.165) is 65.7 Å². The molecule has 5 heteroatoms. The maximum absolute atomic E-state index is 9.46. The predicted octanol–water partition coefficient (Wildman–Crippen LogP) is 7.22. The van der Waals surface area contributed by atoms with Crippen LogP contribution < -0.4 is 5.32 Å². The van der Waals surface area contributed by atoms with Crippen molar-refractivity contribution in [1.82, 2.24) is 10.3 Å². The van der Waals surface area contributed by atoms with E-state index in [1.807, 2.05) is 54.8 Å². The fourth-order valence-electron chi connectivity index (χ4n) is 5.41. The van der Waals surface area contributed by atoms with Crippen molar-refractivity contribution in [1.29, 1.82) is 10.5 Å². The van der Waals surface area contributed by atoms with Gasteiger partial charge in [-0.2, -0.15) is 10.5 Å². The fraction of sp³-hybridized carbons (Fsp3) is 0.0312. The second-order valence-electron chi connectivity index (χ2n) is 9.06. The van der Waals surface area contributed by atoms with Crippen molar-refractivity contribution in [2.75, 3.05) is 0 Å². The van der Waals surface area contributed by atoms with E-state index in [4.69, 9.17) is 4.42 Å². The zero-order valence-corrected chi connectivity index (χ0v) is 19.6. The third kappa shape index (κ3) is 3.19. The van der Waals surface area contributed by atoms with E-state index in [1.54, 1.807) is 6.20 Å². The first-order chi connectivity index (χ1) is 18.2.